The second-order valence-electron chi connectivity index (χ2n) is 4.76. The fraction of sp³-hybridized carbons (Fsp3) is 0.188. The van der Waals surface area contributed by atoms with Gasteiger partial charge in [-0.05, 0) is 30.3 Å². The summed E-state index contributed by atoms with van der Waals surface area (Å²) in [5.74, 6) is 1.10. The zero-order chi connectivity index (χ0) is 13.9. The predicted molar refractivity (Wildman–Crippen MR) is 87.0 cm³/mol. The molecule has 0 aliphatic rings. The summed E-state index contributed by atoms with van der Waals surface area (Å²) < 4.78 is 3.23. The van der Waals surface area contributed by atoms with Crippen LogP contribution in [0.1, 0.15) is 5.82 Å². The van der Waals surface area contributed by atoms with Crippen LogP contribution < -0.4 is 5.32 Å². The van der Waals surface area contributed by atoms with Crippen LogP contribution in [0.5, 0.6) is 0 Å². The van der Waals surface area contributed by atoms with Crippen LogP contribution in [0.25, 0.3) is 11.0 Å². The van der Waals surface area contributed by atoms with Crippen LogP contribution in [0.3, 0.4) is 0 Å². The summed E-state index contributed by atoms with van der Waals surface area (Å²) in [5.41, 5.74) is 3.36. The number of nitrogens with zero attached hydrogens (tertiary/aromatic N) is 2. The van der Waals surface area contributed by atoms with Crippen molar-refractivity contribution < 1.29 is 0 Å². The average Bonchev–Trinajstić information content (AvgIpc) is 2.76. The summed E-state index contributed by atoms with van der Waals surface area (Å²) >= 11 is 3.49. The number of rotatable bonds is 4. The van der Waals surface area contributed by atoms with E-state index in [0.717, 1.165) is 34.5 Å². The minimum absolute atomic E-state index is 0.877. The number of para-hydroxylation sites is 1. The molecule has 2 aromatic carbocycles. The summed E-state index contributed by atoms with van der Waals surface area (Å²) in [6.07, 6.45) is 0.900. The topological polar surface area (TPSA) is 29.9 Å². The smallest absolute Gasteiger partial charge is 0.111 e. The molecule has 3 aromatic rings. The predicted octanol–water partition coefficient (Wildman–Crippen LogP) is 3.99. The Hall–Kier alpha value is -1.81. The van der Waals surface area contributed by atoms with Crippen molar-refractivity contribution in [3.05, 3.63) is 58.8 Å². The van der Waals surface area contributed by atoms with Gasteiger partial charge in [-0.1, -0.05) is 34.1 Å². The number of fused-ring (bicyclic) bond motifs is 1. The number of nitrogens with one attached hydrogen (secondary N) is 1. The lowest BCUT2D eigenvalue weighted by Gasteiger charge is -2.06. The number of halogens is 1. The molecule has 0 saturated carbocycles. The molecule has 0 unspecified atom stereocenters. The maximum atomic E-state index is 4.70. The van der Waals surface area contributed by atoms with Crippen molar-refractivity contribution in [1.82, 2.24) is 9.55 Å². The van der Waals surface area contributed by atoms with Gasteiger partial charge in [0.05, 0.1) is 11.0 Å². The van der Waals surface area contributed by atoms with Crippen LogP contribution in [-0.4, -0.2) is 16.1 Å². The van der Waals surface area contributed by atoms with Crippen molar-refractivity contribution in [2.75, 3.05) is 11.9 Å². The SMILES string of the molecule is Cn1c(CCNc2ccccc2)nc2cc(Br)ccc21. The molecule has 0 saturated heterocycles. The van der Waals surface area contributed by atoms with E-state index in [1.165, 1.54) is 5.52 Å². The molecular weight excluding hydrogens is 314 g/mol. The van der Waals surface area contributed by atoms with Crippen molar-refractivity contribution in [1.29, 1.82) is 0 Å². The Morgan fingerprint density at radius 2 is 1.95 bits per heavy atom. The van der Waals surface area contributed by atoms with Crippen LogP contribution >= 0.6 is 15.9 Å². The Bertz CT molecular complexity index is 719. The molecule has 0 aliphatic heterocycles. The van der Waals surface area contributed by atoms with Gasteiger partial charge >= 0.3 is 0 Å². The quantitative estimate of drug-likeness (QED) is 0.784. The van der Waals surface area contributed by atoms with E-state index < -0.39 is 0 Å². The highest BCUT2D eigenvalue weighted by atomic mass is 79.9. The van der Waals surface area contributed by atoms with Gasteiger partial charge in [-0.15, -0.1) is 0 Å². The third kappa shape index (κ3) is 2.70. The molecule has 0 radical (unpaired) electrons. The van der Waals surface area contributed by atoms with Gasteiger partial charge in [-0.2, -0.15) is 0 Å². The van der Waals surface area contributed by atoms with E-state index in [2.05, 4.69) is 63.2 Å². The molecule has 3 rings (SSSR count). The summed E-state index contributed by atoms with van der Waals surface area (Å²) in [6.45, 7) is 0.877. The van der Waals surface area contributed by atoms with Crippen LogP contribution in [0.15, 0.2) is 53.0 Å². The van der Waals surface area contributed by atoms with Crippen LogP contribution in [0.4, 0.5) is 5.69 Å². The molecule has 3 nitrogen and oxygen atoms in total. The Kier molecular flexibility index (Phi) is 3.74. The first-order chi connectivity index (χ1) is 9.74. The molecule has 20 heavy (non-hydrogen) atoms. The number of aromatic nitrogens is 2. The number of benzene rings is 2. The second-order valence-corrected chi connectivity index (χ2v) is 5.68. The van der Waals surface area contributed by atoms with Crippen LogP contribution in [-0.2, 0) is 13.5 Å². The van der Waals surface area contributed by atoms with Crippen molar-refractivity contribution in [3.63, 3.8) is 0 Å². The first-order valence-corrected chi connectivity index (χ1v) is 7.43. The number of imidazole rings is 1. The Labute approximate surface area is 126 Å². The highest BCUT2D eigenvalue weighted by molar-refractivity contribution is 9.10. The second kappa shape index (κ2) is 5.67. The number of hydrogen-bond donors (Lipinski definition) is 1. The fourth-order valence-corrected chi connectivity index (χ4v) is 2.67. The molecule has 0 atom stereocenters. The van der Waals surface area contributed by atoms with Crippen molar-refractivity contribution in [2.45, 2.75) is 6.42 Å². The number of hydrogen-bond acceptors (Lipinski definition) is 2. The molecule has 4 heteroatoms. The minimum Gasteiger partial charge on any atom is -0.385 e. The van der Waals surface area contributed by atoms with Crippen LogP contribution in [0, 0.1) is 0 Å². The monoisotopic (exact) mass is 329 g/mol. The van der Waals surface area contributed by atoms with Gasteiger partial charge in [-0.25, -0.2) is 4.98 Å². The van der Waals surface area contributed by atoms with E-state index in [9.17, 15) is 0 Å². The molecule has 0 fully saturated rings. The standard InChI is InChI=1S/C16H16BrN3/c1-20-15-8-7-12(17)11-14(15)19-16(20)9-10-18-13-5-3-2-4-6-13/h2-8,11,18H,9-10H2,1H3. The molecule has 1 N–H and O–H groups in total. The molecule has 0 amide bonds. The first-order valence-electron chi connectivity index (χ1n) is 6.64. The van der Waals surface area contributed by atoms with Gasteiger partial charge < -0.3 is 9.88 Å². The van der Waals surface area contributed by atoms with Gasteiger partial charge in [0, 0.05) is 30.2 Å². The van der Waals surface area contributed by atoms with Gasteiger partial charge in [0.2, 0.25) is 0 Å². The molecular formula is C16H16BrN3. The van der Waals surface area contributed by atoms with Gasteiger partial charge in [0.25, 0.3) is 0 Å². The van der Waals surface area contributed by atoms with Crippen molar-refractivity contribution in [3.8, 4) is 0 Å². The molecule has 1 aromatic heterocycles. The van der Waals surface area contributed by atoms with E-state index in [4.69, 9.17) is 4.98 Å². The maximum Gasteiger partial charge on any atom is 0.111 e. The van der Waals surface area contributed by atoms with E-state index in [0.29, 0.717) is 0 Å². The third-order valence-corrected chi connectivity index (χ3v) is 3.88. The van der Waals surface area contributed by atoms with Crippen molar-refractivity contribution in [2.24, 2.45) is 7.05 Å². The lowest BCUT2D eigenvalue weighted by Crippen LogP contribution is -2.08. The van der Waals surface area contributed by atoms with E-state index >= 15 is 0 Å². The zero-order valence-corrected chi connectivity index (χ0v) is 12.9. The highest BCUT2D eigenvalue weighted by Crippen LogP contribution is 2.20. The molecule has 0 aliphatic carbocycles. The summed E-state index contributed by atoms with van der Waals surface area (Å²) in [6, 6.07) is 16.5. The summed E-state index contributed by atoms with van der Waals surface area (Å²) in [5, 5.41) is 3.41. The fourth-order valence-electron chi connectivity index (χ4n) is 2.32. The Balaban J connectivity index is 1.73. The first kappa shape index (κ1) is 13.2. The van der Waals surface area contributed by atoms with E-state index in [1.54, 1.807) is 0 Å². The maximum absolute atomic E-state index is 4.70. The molecule has 102 valence electrons. The minimum atomic E-state index is 0.877. The molecule has 1 heterocycles. The lowest BCUT2D eigenvalue weighted by atomic mass is 10.3. The summed E-state index contributed by atoms with van der Waals surface area (Å²) in [7, 11) is 2.07. The number of anilines is 1. The van der Waals surface area contributed by atoms with E-state index in [1.807, 2.05) is 18.2 Å². The highest BCUT2D eigenvalue weighted by Gasteiger charge is 2.07. The number of aryl methyl sites for hydroxylation is 1. The average molecular weight is 330 g/mol. The molecule has 0 bridgehead atoms. The van der Waals surface area contributed by atoms with Gasteiger partial charge in [0.1, 0.15) is 5.82 Å². The van der Waals surface area contributed by atoms with Gasteiger partial charge in [-0.3, -0.25) is 0 Å². The normalized spacial score (nSPS) is 10.9. The Morgan fingerprint density at radius 1 is 1.15 bits per heavy atom. The zero-order valence-electron chi connectivity index (χ0n) is 11.3. The largest absolute Gasteiger partial charge is 0.385 e. The van der Waals surface area contributed by atoms with Crippen LogP contribution in [0.2, 0.25) is 0 Å². The molecule has 0 spiro atoms. The lowest BCUT2D eigenvalue weighted by molar-refractivity contribution is 0.808. The third-order valence-electron chi connectivity index (χ3n) is 3.39. The van der Waals surface area contributed by atoms with E-state index in [-0.39, 0.29) is 0 Å². The van der Waals surface area contributed by atoms with Crippen molar-refractivity contribution >= 4 is 32.7 Å². The Morgan fingerprint density at radius 3 is 2.75 bits per heavy atom. The summed E-state index contributed by atoms with van der Waals surface area (Å²) in [4.78, 5) is 4.70. The van der Waals surface area contributed by atoms with Gasteiger partial charge in [0.15, 0.2) is 0 Å².